The molecule has 0 bridgehead atoms. The summed E-state index contributed by atoms with van der Waals surface area (Å²) in [5.74, 6) is 0.694. The number of aromatic nitrogens is 1. The standard InChI is InChI=1S/C25H32N4O2/c1-19(21-9-5-4-6-10-21)29-18-22(15-24(29)30)25(31)27-17-20-11-12-23(26-16-20)28-13-7-2-3-8-14-28/h4-6,9-12,16,19,22H,2-3,7-8,13-15,17-18H2,1H3,(H,27,31). The summed E-state index contributed by atoms with van der Waals surface area (Å²) >= 11 is 0. The Kier molecular flexibility index (Phi) is 6.85. The Hall–Kier alpha value is -2.89. The number of anilines is 1. The van der Waals surface area contributed by atoms with Gasteiger partial charge in [-0.2, -0.15) is 0 Å². The zero-order valence-corrected chi connectivity index (χ0v) is 18.3. The highest BCUT2D eigenvalue weighted by atomic mass is 16.2. The van der Waals surface area contributed by atoms with Crippen molar-refractivity contribution in [1.82, 2.24) is 15.2 Å². The molecule has 1 aromatic heterocycles. The second-order valence-electron chi connectivity index (χ2n) is 8.68. The van der Waals surface area contributed by atoms with Crippen molar-refractivity contribution in [3.05, 3.63) is 59.8 Å². The summed E-state index contributed by atoms with van der Waals surface area (Å²) in [5, 5.41) is 3.00. The Morgan fingerprint density at radius 1 is 1.10 bits per heavy atom. The number of hydrogen-bond acceptors (Lipinski definition) is 4. The van der Waals surface area contributed by atoms with Crippen molar-refractivity contribution in [3.8, 4) is 0 Å². The molecule has 3 heterocycles. The van der Waals surface area contributed by atoms with E-state index in [0.717, 1.165) is 30.0 Å². The highest BCUT2D eigenvalue weighted by molar-refractivity contribution is 5.89. The molecule has 1 aromatic carbocycles. The first-order valence-electron chi connectivity index (χ1n) is 11.4. The fourth-order valence-electron chi connectivity index (χ4n) is 4.53. The highest BCUT2D eigenvalue weighted by Gasteiger charge is 2.36. The van der Waals surface area contributed by atoms with Gasteiger partial charge in [-0.15, -0.1) is 0 Å². The largest absolute Gasteiger partial charge is 0.357 e. The van der Waals surface area contributed by atoms with Crippen molar-refractivity contribution in [3.63, 3.8) is 0 Å². The van der Waals surface area contributed by atoms with E-state index in [1.165, 1.54) is 25.7 Å². The van der Waals surface area contributed by atoms with Crippen LogP contribution in [-0.4, -0.2) is 41.3 Å². The molecule has 31 heavy (non-hydrogen) atoms. The van der Waals surface area contributed by atoms with E-state index in [4.69, 9.17) is 0 Å². The first kappa shape index (κ1) is 21.3. The maximum Gasteiger partial charge on any atom is 0.225 e. The molecule has 2 aliphatic heterocycles. The van der Waals surface area contributed by atoms with E-state index in [9.17, 15) is 9.59 Å². The minimum Gasteiger partial charge on any atom is -0.357 e. The summed E-state index contributed by atoms with van der Waals surface area (Å²) in [6.07, 6.45) is 7.16. The molecule has 0 radical (unpaired) electrons. The Morgan fingerprint density at radius 3 is 2.52 bits per heavy atom. The first-order valence-corrected chi connectivity index (χ1v) is 11.4. The van der Waals surface area contributed by atoms with Gasteiger partial charge in [0.15, 0.2) is 0 Å². The molecule has 2 amide bonds. The van der Waals surface area contributed by atoms with Gasteiger partial charge in [-0.1, -0.05) is 49.2 Å². The molecule has 0 spiro atoms. The van der Waals surface area contributed by atoms with Gasteiger partial charge in [0.25, 0.3) is 0 Å². The van der Waals surface area contributed by atoms with E-state index >= 15 is 0 Å². The number of nitrogens with one attached hydrogen (secondary N) is 1. The van der Waals surface area contributed by atoms with Gasteiger partial charge < -0.3 is 15.1 Å². The van der Waals surface area contributed by atoms with E-state index in [2.05, 4.69) is 21.3 Å². The van der Waals surface area contributed by atoms with Crippen LogP contribution in [0.15, 0.2) is 48.7 Å². The van der Waals surface area contributed by atoms with E-state index in [1.807, 2.05) is 54.4 Å². The van der Waals surface area contributed by atoms with Gasteiger partial charge >= 0.3 is 0 Å². The fourth-order valence-corrected chi connectivity index (χ4v) is 4.53. The van der Waals surface area contributed by atoms with Crippen LogP contribution in [0.3, 0.4) is 0 Å². The van der Waals surface area contributed by atoms with Crippen LogP contribution in [0.1, 0.15) is 56.2 Å². The average Bonchev–Trinajstić information content (AvgIpc) is 3.00. The van der Waals surface area contributed by atoms with Crippen molar-refractivity contribution < 1.29 is 9.59 Å². The van der Waals surface area contributed by atoms with Crippen LogP contribution in [0, 0.1) is 5.92 Å². The molecule has 0 aliphatic carbocycles. The molecule has 2 aliphatic rings. The molecule has 2 saturated heterocycles. The van der Waals surface area contributed by atoms with Crippen molar-refractivity contribution in [2.75, 3.05) is 24.5 Å². The van der Waals surface area contributed by atoms with Gasteiger partial charge in [0.1, 0.15) is 5.82 Å². The minimum atomic E-state index is -0.303. The molecule has 6 heteroatoms. The maximum absolute atomic E-state index is 12.7. The summed E-state index contributed by atoms with van der Waals surface area (Å²) in [7, 11) is 0. The lowest BCUT2D eigenvalue weighted by molar-refractivity contribution is -0.130. The zero-order chi connectivity index (χ0) is 21.6. The predicted molar refractivity (Wildman–Crippen MR) is 121 cm³/mol. The molecular formula is C25H32N4O2. The van der Waals surface area contributed by atoms with Crippen molar-refractivity contribution in [2.45, 2.75) is 51.6 Å². The predicted octanol–water partition coefficient (Wildman–Crippen LogP) is 3.69. The fraction of sp³-hybridized carbons (Fsp3) is 0.480. The van der Waals surface area contributed by atoms with Crippen molar-refractivity contribution in [1.29, 1.82) is 0 Å². The lowest BCUT2D eigenvalue weighted by atomic mass is 10.1. The Balaban J connectivity index is 1.29. The van der Waals surface area contributed by atoms with Crippen molar-refractivity contribution >= 4 is 17.6 Å². The molecule has 6 nitrogen and oxygen atoms in total. The lowest BCUT2D eigenvalue weighted by Crippen LogP contribution is -2.33. The SMILES string of the molecule is CC(c1ccccc1)N1CC(C(=O)NCc2ccc(N3CCCCCC3)nc2)CC1=O. The number of carbonyl (C=O) groups is 2. The minimum absolute atomic E-state index is 0.0257. The summed E-state index contributed by atoms with van der Waals surface area (Å²) in [4.78, 5) is 34.0. The number of carbonyl (C=O) groups excluding carboxylic acids is 2. The number of hydrogen-bond donors (Lipinski definition) is 1. The van der Waals surface area contributed by atoms with Crippen molar-refractivity contribution in [2.24, 2.45) is 5.92 Å². The second-order valence-corrected chi connectivity index (χ2v) is 8.68. The number of rotatable bonds is 6. The van der Waals surface area contributed by atoms with Crippen LogP contribution >= 0.6 is 0 Å². The molecular weight excluding hydrogens is 388 g/mol. The zero-order valence-electron chi connectivity index (χ0n) is 18.3. The van der Waals surface area contributed by atoms with E-state index in [-0.39, 0.29) is 30.2 Å². The lowest BCUT2D eigenvalue weighted by Gasteiger charge is -2.25. The normalized spacial score (nSPS) is 20.4. The monoisotopic (exact) mass is 420 g/mol. The van der Waals surface area contributed by atoms with E-state index < -0.39 is 0 Å². The van der Waals surface area contributed by atoms with Crippen LogP contribution < -0.4 is 10.2 Å². The Bertz CT molecular complexity index is 876. The molecule has 1 N–H and O–H groups in total. The van der Waals surface area contributed by atoms with Gasteiger partial charge in [-0.25, -0.2) is 4.98 Å². The third-order valence-corrected chi connectivity index (χ3v) is 6.48. The third-order valence-electron chi connectivity index (χ3n) is 6.48. The average molecular weight is 421 g/mol. The van der Waals surface area contributed by atoms with Gasteiger partial charge in [-0.3, -0.25) is 9.59 Å². The Morgan fingerprint density at radius 2 is 1.84 bits per heavy atom. The number of likely N-dealkylation sites (tertiary alicyclic amines) is 1. The maximum atomic E-state index is 12.7. The topological polar surface area (TPSA) is 65.5 Å². The molecule has 4 rings (SSSR count). The quantitative estimate of drug-likeness (QED) is 0.774. The molecule has 2 unspecified atom stereocenters. The van der Waals surface area contributed by atoms with Crippen LogP contribution in [0.2, 0.25) is 0 Å². The van der Waals surface area contributed by atoms with E-state index in [0.29, 0.717) is 13.1 Å². The number of nitrogens with zero attached hydrogens (tertiary/aromatic N) is 3. The number of pyridine rings is 1. The molecule has 164 valence electrons. The van der Waals surface area contributed by atoms with E-state index in [1.54, 1.807) is 0 Å². The van der Waals surface area contributed by atoms with Gasteiger partial charge in [0.2, 0.25) is 11.8 Å². The highest BCUT2D eigenvalue weighted by Crippen LogP contribution is 2.28. The summed E-state index contributed by atoms with van der Waals surface area (Å²) in [6, 6.07) is 14.0. The third kappa shape index (κ3) is 5.24. The second kappa shape index (κ2) is 9.94. The molecule has 2 aromatic rings. The Labute approximate surface area is 184 Å². The van der Waals surface area contributed by atoms with Crippen LogP contribution in [0.5, 0.6) is 0 Å². The first-order chi connectivity index (χ1) is 15.1. The van der Waals surface area contributed by atoms with Gasteiger partial charge in [0, 0.05) is 38.8 Å². The van der Waals surface area contributed by atoms with Crippen LogP contribution in [0.4, 0.5) is 5.82 Å². The molecule has 0 saturated carbocycles. The van der Waals surface area contributed by atoms with Gasteiger partial charge in [-0.05, 0) is 37.0 Å². The molecule has 2 fully saturated rings. The number of benzene rings is 1. The summed E-state index contributed by atoms with van der Waals surface area (Å²) < 4.78 is 0. The smallest absolute Gasteiger partial charge is 0.225 e. The summed E-state index contributed by atoms with van der Waals surface area (Å²) in [5.41, 5.74) is 2.07. The van der Waals surface area contributed by atoms with Gasteiger partial charge in [0.05, 0.1) is 12.0 Å². The van der Waals surface area contributed by atoms with Crippen LogP contribution in [-0.2, 0) is 16.1 Å². The van der Waals surface area contributed by atoms with Crippen LogP contribution in [0.25, 0.3) is 0 Å². The summed E-state index contributed by atoms with van der Waals surface area (Å²) in [6.45, 7) is 5.05. The molecule has 2 atom stereocenters. The number of amides is 2.